The predicted molar refractivity (Wildman–Crippen MR) is 101 cm³/mol. The summed E-state index contributed by atoms with van der Waals surface area (Å²) in [6, 6.07) is 19.3. The highest BCUT2D eigenvalue weighted by molar-refractivity contribution is 14.1. The van der Waals surface area contributed by atoms with Gasteiger partial charge >= 0.3 is 0 Å². The lowest BCUT2D eigenvalue weighted by molar-refractivity contribution is 0.197. The van der Waals surface area contributed by atoms with E-state index >= 15 is 0 Å². The Bertz CT molecular complexity index is 646. The van der Waals surface area contributed by atoms with Gasteiger partial charge in [-0.2, -0.15) is 0 Å². The summed E-state index contributed by atoms with van der Waals surface area (Å²) in [5, 5.41) is 0. The summed E-state index contributed by atoms with van der Waals surface area (Å²) >= 11 is 2.36. The minimum Gasteiger partial charge on any atom is -0.286 e. The molecule has 1 nitrogen and oxygen atoms in total. The van der Waals surface area contributed by atoms with Crippen LogP contribution in [0.4, 0.5) is 0 Å². The van der Waals surface area contributed by atoms with Crippen LogP contribution in [0.5, 0.6) is 0 Å². The number of rotatable bonds is 2. The topological polar surface area (TPSA) is 3.24 Å². The van der Waals surface area contributed by atoms with Gasteiger partial charge in [0.2, 0.25) is 0 Å². The molecule has 1 aliphatic rings. The molecule has 0 N–H and O–H groups in total. The van der Waals surface area contributed by atoms with E-state index in [4.69, 9.17) is 0 Å². The van der Waals surface area contributed by atoms with Crippen LogP contribution < -0.4 is 0 Å². The summed E-state index contributed by atoms with van der Waals surface area (Å²) < 4.78 is 1.27. The van der Waals surface area contributed by atoms with Crippen LogP contribution in [0.2, 0.25) is 0 Å². The molecule has 1 saturated heterocycles. The Morgan fingerprint density at radius 3 is 2.23 bits per heavy atom. The molecule has 1 aliphatic heterocycles. The van der Waals surface area contributed by atoms with Crippen molar-refractivity contribution < 1.29 is 0 Å². The fraction of sp³-hybridized carbons (Fsp3) is 0.300. The van der Waals surface area contributed by atoms with E-state index in [-0.39, 0.29) is 6.04 Å². The molecule has 1 unspecified atom stereocenters. The Balaban J connectivity index is 1.89. The van der Waals surface area contributed by atoms with E-state index in [1.807, 2.05) is 18.2 Å². The van der Waals surface area contributed by atoms with Gasteiger partial charge in [-0.25, -0.2) is 0 Å². The molecular weight excluding hydrogens is 381 g/mol. The highest BCUT2D eigenvalue weighted by Crippen LogP contribution is 2.25. The van der Waals surface area contributed by atoms with Crippen molar-refractivity contribution in [2.24, 2.45) is 0 Å². The lowest BCUT2D eigenvalue weighted by Gasteiger charge is -2.31. The van der Waals surface area contributed by atoms with Crippen LogP contribution in [0.3, 0.4) is 0 Å². The summed E-state index contributed by atoms with van der Waals surface area (Å²) in [4.78, 5) is 2.53. The van der Waals surface area contributed by atoms with E-state index in [0.717, 1.165) is 18.7 Å². The maximum Gasteiger partial charge on any atom is 0.0974 e. The molecule has 1 atom stereocenters. The summed E-state index contributed by atoms with van der Waals surface area (Å²) in [6.45, 7) is 2.31. The summed E-state index contributed by atoms with van der Waals surface area (Å²) in [7, 11) is 0. The van der Waals surface area contributed by atoms with Gasteiger partial charge in [-0.1, -0.05) is 48.6 Å². The van der Waals surface area contributed by atoms with Gasteiger partial charge < -0.3 is 0 Å². The van der Waals surface area contributed by atoms with E-state index in [2.05, 4.69) is 75.7 Å². The molecule has 0 saturated carbocycles. The number of nitrogens with zero attached hydrogens (tertiary/aromatic N) is 1. The number of halogens is 1. The number of benzene rings is 2. The molecule has 2 aromatic carbocycles. The smallest absolute Gasteiger partial charge is 0.0974 e. The van der Waals surface area contributed by atoms with Gasteiger partial charge in [-0.15, -0.1) is 0 Å². The Hall–Kier alpha value is -1.31. The minimum absolute atomic E-state index is 0.206. The molecule has 0 aliphatic carbocycles. The summed E-state index contributed by atoms with van der Waals surface area (Å²) in [5.74, 6) is 6.88. The molecule has 2 heteroatoms. The second kappa shape index (κ2) is 7.80. The van der Waals surface area contributed by atoms with Crippen LogP contribution in [0.15, 0.2) is 54.6 Å². The maximum atomic E-state index is 3.51. The second-order valence-corrected chi connectivity index (χ2v) is 6.93. The van der Waals surface area contributed by atoms with Crippen molar-refractivity contribution in [2.75, 3.05) is 13.1 Å². The van der Waals surface area contributed by atoms with Crippen LogP contribution in [0, 0.1) is 15.4 Å². The Morgan fingerprint density at radius 1 is 0.864 bits per heavy atom. The van der Waals surface area contributed by atoms with Crippen molar-refractivity contribution in [2.45, 2.75) is 25.3 Å². The minimum atomic E-state index is 0.206. The van der Waals surface area contributed by atoms with Crippen LogP contribution in [0.25, 0.3) is 0 Å². The monoisotopic (exact) mass is 401 g/mol. The molecule has 0 amide bonds. The Kier molecular flexibility index (Phi) is 5.53. The molecule has 0 spiro atoms. The second-order valence-electron chi connectivity index (χ2n) is 5.69. The first-order chi connectivity index (χ1) is 10.8. The lowest BCUT2D eigenvalue weighted by Crippen LogP contribution is -2.33. The van der Waals surface area contributed by atoms with Gasteiger partial charge in [0.1, 0.15) is 0 Å². The first-order valence-corrected chi connectivity index (χ1v) is 8.97. The van der Waals surface area contributed by atoms with Gasteiger partial charge in [-0.3, -0.25) is 4.90 Å². The fourth-order valence-electron chi connectivity index (χ4n) is 2.88. The normalized spacial score (nSPS) is 16.6. The van der Waals surface area contributed by atoms with Crippen LogP contribution in [-0.4, -0.2) is 18.0 Å². The Labute approximate surface area is 146 Å². The largest absolute Gasteiger partial charge is 0.286 e. The molecular formula is C20H20IN. The molecule has 0 aromatic heterocycles. The van der Waals surface area contributed by atoms with E-state index in [1.165, 1.54) is 28.4 Å². The van der Waals surface area contributed by atoms with Crippen molar-refractivity contribution in [3.05, 3.63) is 69.3 Å². The van der Waals surface area contributed by atoms with Gasteiger partial charge in [0, 0.05) is 9.13 Å². The quantitative estimate of drug-likeness (QED) is 0.513. The molecule has 112 valence electrons. The van der Waals surface area contributed by atoms with Crippen LogP contribution >= 0.6 is 22.6 Å². The zero-order valence-corrected chi connectivity index (χ0v) is 14.8. The van der Waals surface area contributed by atoms with Crippen LogP contribution in [0.1, 0.15) is 36.4 Å². The van der Waals surface area contributed by atoms with Gasteiger partial charge in [0.15, 0.2) is 0 Å². The van der Waals surface area contributed by atoms with E-state index < -0.39 is 0 Å². The Morgan fingerprint density at radius 2 is 1.55 bits per heavy atom. The van der Waals surface area contributed by atoms with Crippen molar-refractivity contribution in [1.82, 2.24) is 4.90 Å². The van der Waals surface area contributed by atoms with Crippen molar-refractivity contribution in [3.63, 3.8) is 0 Å². The van der Waals surface area contributed by atoms with Crippen molar-refractivity contribution in [3.8, 4) is 11.8 Å². The van der Waals surface area contributed by atoms with E-state index in [9.17, 15) is 0 Å². The van der Waals surface area contributed by atoms with E-state index in [1.54, 1.807) is 0 Å². The maximum absolute atomic E-state index is 3.51. The lowest BCUT2D eigenvalue weighted by atomic mass is 10.0. The third kappa shape index (κ3) is 4.12. The third-order valence-corrected chi connectivity index (χ3v) is 4.79. The molecule has 0 radical (unpaired) electrons. The predicted octanol–water partition coefficient (Wildman–Crippen LogP) is 4.87. The first-order valence-electron chi connectivity index (χ1n) is 7.89. The highest BCUT2D eigenvalue weighted by Gasteiger charge is 2.20. The fourth-order valence-corrected chi connectivity index (χ4v) is 3.24. The molecule has 3 rings (SSSR count). The van der Waals surface area contributed by atoms with E-state index in [0.29, 0.717) is 0 Å². The zero-order valence-electron chi connectivity index (χ0n) is 12.6. The third-order valence-electron chi connectivity index (χ3n) is 4.07. The van der Waals surface area contributed by atoms with Gasteiger partial charge in [-0.05, 0) is 78.4 Å². The number of hydrogen-bond donors (Lipinski definition) is 0. The average molecular weight is 401 g/mol. The van der Waals surface area contributed by atoms with Crippen molar-refractivity contribution >= 4 is 22.6 Å². The SMILES string of the molecule is Ic1ccc(C(C#Cc2ccccc2)N2CCCCC2)cc1. The summed E-state index contributed by atoms with van der Waals surface area (Å²) in [5.41, 5.74) is 2.40. The number of hydrogen-bond acceptors (Lipinski definition) is 1. The molecule has 2 aromatic rings. The zero-order chi connectivity index (χ0) is 15.2. The molecule has 1 heterocycles. The number of likely N-dealkylation sites (tertiary alicyclic amines) is 1. The standard InChI is InChI=1S/C20H20IN/c21-19-12-10-18(11-13-19)20(22-15-5-2-6-16-22)14-9-17-7-3-1-4-8-17/h1,3-4,7-8,10-13,20H,2,5-6,15-16H2. The molecule has 22 heavy (non-hydrogen) atoms. The number of piperidine rings is 1. The van der Waals surface area contributed by atoms with Crippen molar-refractivity contribution in [1.29, 1.82) is 0 Å². The highest BCUT2D eigenvalue weighted by atomic mass is 127. The van der Waals surface area contributed by atoms with Crippen LogP contribution in [-0.2, 0) is 0 Å². The first kappa shape index (κ1) is 15.6. The van der Waals surface area contributed by atoms with Gasteiger partial charge in [0.05, 0.1) is 6.04 Å². The van der Waals surface area contributed by atoms with Gasteiger partial charge in [0.25, 0.3) is 0 Å². The molecule has 0 bridgehead atoms. The summed E-state index contributed by atoms with van der Waals surface area (Å²) in [6.07, 6.45) is 3.92. The molecule has 1 fully saturated rings. The average Bonchev–Trinajstić information content (AvgIpc) is 2.58.